The molecule has 11 nitrogen and oxygen atoms in total. The zero-order chi connectivity index (χ0) is 17.6. The van der Waals surface area contributed by atoms with E-state index in [1.807, 2.05) is 0 Å². The molecule has 0 aliphatic carbocycles. The summed E-state index contributed by atoms with van der Waals surface area (Å²) in [6.07, 6.45) is -1.08. The molecule has 1 aromatic heterocycles. The van der Waals surface area contributed by atoms with E-state index in [-0.39, 0.29) is 31.3 Å². The van der Waals surface area contributed by atoms with Crippen LogP contribution in [0.1, 0.15) is 29.5 Å². The van der Waals surface area contributed by atoms with Crippen LogP contribution in [0.4, 0.5) is 9.18 Å². The van der Waals surface area contributed by atoms with Crippen molar-refractivity contribution < 1.29 is 33.1 Å². The number of halogens is 1. The Morgan fingerprint density at radius 3 is 2.76 bits per heavy atom. The number of aromatic nitrogens is 2. The number of carboxylic acid groups (broad SMARTS) is 1. The van der Waals surface area contributed by atoms with Crippen molar-refractivity contribution >= 4 is 36.8 Å². The number of nitrogens with two attached hydrogens (primary N) is 1. The van der Waals surface area contributed by atoms with Gasteiger partial charge in [-0.1, -0.05) is 6.08 Å². The van der Waals surface area contributed by atoms with Crippen molar-refractivity contribution in [1.82, 2.24) is 20.2 Å². The predicted octanol–water partition coefficient (Wildman–Crippen LogP) is -1.06. The fraction of sp³-hybridized carbons (Fsp3) is 0.417. The fourth-order valence-corrected chi connectivity index (χ4v) is 2.64. The van der Waals surface area contributed by atoms with E-state index in [1.54, 1.807) is 13.0 Å². The number of fused-ring (bicyclic) bond motifs is 2. The Morgan fingerprint density at radius 1 is 1.52 bits per heavy atom. The molecule has 3 amide bonds. The van der Waals surface area contributed by atoms with Crippen LogP contribution >= 0.6 is 0 Å². The van der Waals surface area contributed by atoms with Crippen LogP contribution in [0.2, 0.25) is 0 Å². The number of rotatable bonds is 5. The number of carboxylic acids is 1. The first-order chi connectivity index (χ1) is 11.3. The van der Waals surface area contributed by atoms with Crippen LogP contribution in [0.15, 0.2) is 16.1 Å². The second kappa shape index (κ2) is 6.83. The number of hydrogen-bond donors (Lipinski definition) is 2. The number of primary amides is 1. The molecule has 1 fully saturated rings. The van der Waals surface area contributed by atoms with E-state index in [0.717, 1.165) is 0 Å². The molecule has 13 heteroatoms. The maximum absolute atomic E-state index is 13.3. The summed E-state index contributed by atoms with van der Waals surface area (Å²) in [6.45, 7) is 1.76. The zero-order valence-corrected chi connectivity index (χ0v) is 12.2. The van der Waals surface area contributed by atoms with Gasteiger partial charge in [0.2, 0.25) is 5.89 Å². The molecule has 0 aromatic carbocycles. The summed E-state index contributed by atoms with van der Waals surface area (Å²) in [5.41, 5.74) is 5.65. The molecule has 1 aromatic rings. The minimum absolute atomic E-state index is 0. The summed E-state index contributed by atoms with van der Waals surface area (Å²) in [4.78, 5) is 39.8. The molecule has 25 heavy (non-hydrogen) atoms. The van der Waals surface area contributed by atoms with Crippen molar-refractivity contribution in [2.45, 2.75) is 25.4 Å². The second-order valence-electron chi connectivity index (χ2n) is 5.21. The third kappa shape index (κ3) is 3.23. The average Bonchev–Trinajstić information content (AvgIpc) is 3.08. The van der Waals surface area contributed by atoms with Gasteiger partial charge in [-0.2, -0.15) is 5.06 Å². The van der Waals surface area contributed by atoms with Crippen molar-refractivity contribution in [3.8, 4) is 0 Å². The molecule has 0 radical (unpaired) electrons. The molecule has 3 N–H and O–H groups in total. The van der Waals surface area contributed by atoms with Gasteiger partial charge in [0.05, 0.1) is 12.6 Å². The normalized spacial score (nSPS) is 23.1. The molecule has 2 aliphatic heterocycles. The van der Waals surface area contributed by atoms with Gasteiger partial charge in [0.25, 0.3) is 0 Å². The molecule has 3 atom stereocenters. The van der Waals surface area contributed by atoms with Crippen LogP contribution in [-0.2, 0) is 9.63 Å². The molecule has 3 heterocycles. The van der Waals surface area contributed by atoms with Gasteiger partial charge in [-0.25, -0.2) is 18.8 Å². The Morgan fingerprint density at radius 2 is 2.20 bits per heavy atom. The molecule has 0 spiro atoms. The summed E-state index contributed by atoms with van der Waals surface area (Å²) >= 11 is 0. The van der Waals surface area contributed by atoms with Crippen LogP contribution in [0, 0.1) is 0 Å². The monoisotopic (exact) mass is 349 g/mol. The zero-order valence-electron chi connectivity index (χ0n) is 12.2. The number of alkyl halides is 1. The molecule has 130 valence electrons. The van der Waals surface area contributed by atoms with E-state index in [0.29, 0.717) is 10.6 Å². The maximum atomic E-state index is 13.3. The van der Waals surface area contributed by atoms with Gasteiger partial charge >= 0.3 is 49.0 Å². The molecule has 1 saturated heterocycles. The van der Waals surface area contributed by atoms with Crippen molar-refractivity contribution in [2.24, 2.45) is 5.73 Å². The van der Waals surface area contributed by atoms with Gasteiger partial charge < -0.3 is 20.2 Å². The first-order valence-corrected chi connectivity index (χ1v) is 6.74. The first kappa shape index (κ1) is 18.9. The van der Waals surface area contributed by atoms with E-state index in [9.17, 15) is 18.8 Å². The molecule has 1 unspecified atom stereocenters. The minimum atomic E-state index is -2.67. The number of carbonyl (C=O) groups excluding carboxylic acids is 2. The number of aliphatic carboxylic acids is 1. The SMILES string of the molecule is CC1=C[C@@H]2CN(C(=O)N2OC(F)C(=O)O)[C@@H]1c1nnc(C(N)=O)o1.[LiH]. The van der Waals surface area contributed by atoms with Crippen LogP contribution in [0.5, 0.6) is 0 Å². The van der Waals surface area contributed by atoms with E-state index in [2.05, 4.69) is 15.0 Å². The Kier molecular flexibility index (Phi) is 5.17. The van der Waals surface area contributed by atoms with E-state index < -0.39 is 42.2 Å². The molecule has 2 bridgehead atoms. The number of amides is 3. The van der Waals surface area contributed by atoms with Gasteiger partial charge in [-0.3, -0.25) is 4.79 Å². The van der Waals surface area contributed by atoms with Crippen LogP contribution in [-0.4, -0.2) is 81.0 Å². The second-order valence-corrected chi connectivity index (χ2v) is 5.21. The Hall–Kier alpha value is -2.42. The number of carbonyl (C=O) groups is 3. The topological polar surface area (TPSA) is 152 Å². The van der Waals surface area contributed by atoms with E-state index in [1.165, 1.54) is 4.90 Å². The summed E-state index contributed by atoms with van der Waals surface area (Å²) < 4.78 is 18.4. The molecular weight excluding hydrogens is 336 g/mol. The van der Waals surface area contributed by atoms with E-state index in [4.69, 9.17) is 15.3 Å². The number of urea groups is 1. The summed E-state index contributed by atoms with van der Waals surface area (Å²) in [7, 11) is 0. The quantitative estimate of drug-likeness (QED) is 0.504. The number of hydrogen-bond acceptors (Lipinski definition) is 7. The van der Waals surface area contributed by atoms with Gasteiger partial charge in [0.1, 0.15) is 6.04 Å². The third-order valence-corrected chi connectivity index (χ3v) is 3.60. The Balaban J connectivity index is 0.00000225. The van der Waals surface area contributed by atoms with Gasteiger partial charge in [0, 0.05) is 0 Å². The number of nitrogens with zero attached hydrogens (tertiary/aromatic N) is 4. The number of hydroxylamine groups is 2. The van der Waals surface area contributed by atoms with Gasteiger partial charge in [-0.15, -0.1) is 10.2 Å². The standard InChI is InChI=1S/C12H12FN5O6.Li.H/c1-4-2-5-3-17(12(22)18(5)24-7(13)11(20)21)6(4)9-15-16-10(23-9)8(14)19;;/h2,5-7H,3H2,1H3,(H2,14,19)(H,20,21);;/t5-,6+,7?;;/m1../s1. The van der Waals surface area contributed by atoms with Crippen LogP contribution < -0.4 is 5.73 Å². The third-order valence-electron chi connectivity index (χ3n) is 3.60. The first-order valence-electron chi connectivity index (χ1n) is 6.74. The van der Waals surface area contributed by atoms with Crippen LogP contribution in [0.25, 0.3) is 0 Å². The van der Waals surface area contributed by atoms with Gasteiger partial charge in [0.15, 0.2) is 0 Å². The fourth-order valence-electron chi connectivity index (χ4n) is 2.64. The van der Waals surface area contributed by atoms with E-state index >= 15 is 0 Å². The molecule has 0 saturated carbocycles. The summed E-state index contributed by atoms with van der Waals surface area (Å²) in [5.74, 6) is -3.21. The molecule has 2 aliphatic rings. The van der Waals surface area contributed by atoms with Crippen molar-refractivity contribution in [3.05, 3.63) is 23.4 Å². The Labute approximate surface area is 151 Å². The summed E-state index contributed by atoms with van der Waals surface area (Å²) in [6, 6.07) is -2.21. The Bertz CT molecular complexity index is 754. The van der Waals surface area contributed by atoms with Crippen molar-refractivity contribution in [2.75, 3.05) is 6.54 Å². The predicted molar refractivity (Wildman–Crippen MR) is 77.8 cm³/mol. The van der Waals surface area contributed by atoms with Crippen molar-refractivity contribution in [1.29, 1.82) is 0 Å². The van der Waals surface area contributed by atoms with Gasteiger partial charge in [-0.05, 0) is 12.5 Å². The van der Waals surface area contributed by atoms with Crippen molar-refractivity contribution in [3.63, 3.8) is 0 Å². The summed E-state index contributed by atoms with van der Waals surface area (Å²) in [5, 5.41) is 16.4. The average molecular weight is 349 g/mol. The molecular formula is C12H13FLiN5O6. The molecule has 3 rings (SSSR count). The van der Waals surface area contributed by atoms with Crippen LogP contribution in [0.3, 0.4) is 0 Å².